The predicted molar refractivity (Wildman–Crippen MR) is 73.6 cm³/mol. The van der Waals surface area contributed by atoms with Crippen LogP contribution in [0.15, 0.2) is 24.3 Å². The van der Waals surface area contributed by atoms with E-state index >= 15 is 0 Å². The SMILES string of the molecule is CNC(=O)c1cccc(C(=O)N(CC(=O)O)C(C)C)c1. The monoisotopic (exact) mass is 278 g/mol. The third-order valence-corrected chi connectivity index (χ3v) is 2.79. The summed E-state index contributed by atoms with van der Waals surface area (Å²) >= 11 is 0. The number of amides is 2. The van der Waals surface area contributed by atoms with Crippen molar-refractivity contribution in [3.8, 4) is 0 Å². The number of carboxylic acid groups (broad SMARTS) is 1. The van der Waals surface area contributed by atoms with Gasteiger partial charge in [0.1, 0.15) is 6.54 Å². The summed E-state index contributed by atoms with van der Waals surface area (Å²) in [6, 6.07) is 5.95. The second-order valence-corrected chi connectivity index (χ2v) is 4.58. The van der Waals surface area contributed by atoms with Crippen LogP contribution in [0.5, 0.6) is 0 Å². The quantitative estimate of drug-likeness (QED) is 0.840. The number of carboxylic acids is 1. The first kappa shape index (κ1) is 15.7. The molecule has 0 atom stereocenters. The highest BCUT2D eigenvalue weighted by Gasteiger charge is 2.21. The van der Waals surface area contributed by atoms with Gasteiger partial charge >= 0.3 is 5.97 Å². The molecule has 2 amide bonds. The number of benzene rings is 1. The minimum Gasteiger partial charge on any atom is -0.480 e. The van der Waals surface area contributed by atoms with E-state index < -0.39 is 11.9 Å². The lowest BCUT2D eigenvalue weighted by molar-refractivity contribution is -0.138. The number of hydrogen-bond acceptors (Lipinski definition) is 3. The van der Waals surface area contributed by atoms with Crippen LogP contribution in [0.2, 0.25) is 0 Å². The molecule has 0 aliphatic heterocycles. The van der Waals surface area contributed by atoms with Gasteiger partial charge < -0.3 is 15.3 Å². The Kier molecular flexibility index (Phi) is 5.25. The number of nitrogens with zero attached hydrogens (tertiary/aromatic N) is 1. The highest BCUT2D eigenvalue weighted by molar-refractivity contribution is 6.00. The average molecular weight is 278 g/mol. The Morgan fingerprint density at radius 1 is 1.25 bits per heavy atom. The predicted octanol–water partition coefficient (Wildman–Crippen LogP) is 0.981. The topological polar surface area (TPSA) is 86.7 Å². The smallest absolute Gasteiger partial charge is 0.323 e. The van der Waals surface area contributed by atoms with Gasteiger partial charge in [-0.3, -0.25) is 14.4 Å². The molecule has 0 unspecified atom stereocenters. The first-order valence-corrected chi connectivity index (χ1v) is 6.21. The highest BCUT2D eigenvalue weighted by atomic mass is 16.4. The zero-order chi connectivity index (χ0) is 15.3. The molecule has 0 aliphatic carbocycles. The molecule has 0 fully saturated rings. The van der Waals surface area contributed by atoms with Crippen LogP contribution in [0.25, 0.3) is 0 Å². The Morgan fingerprint density at radius 2 is 1.85 bits per heavy atom. The van der Waals surface area contributed by atoms with Crippen LogP contribution in [0.3, 0.4) is 0 Å². The zero-order valence-electron chi connectivity index (χ0n) is 11.7. The molecule has 1 rings (SSSR count). The number of carbonyl (C=O) groups is 3. The van der Waals surface area contributed by atoms with Gasteiger partial charge in [0.25, 0.3) is 11.8 Å². The molecule has 20 heavy (non-hydrogen) atoms. The van der Waals surface area contributed by atoms with Crippen molar-refractivity contribution in [1.82, 2.24) is 10.2 Å². The van der Waals surface area contributed by atoms with E-state index in [2.05, 4.69) is 5.32 Å². The van der Waals surface area contributed by atoms with E-state index in [1.165, 1.54) is 18.0 Å². The van der Waals surface area contributed by atoms with Crippen molar-refractivity contribution < 1.29 is 19.5 Å². The van der Waals surface area contributed by atoms with E-state index in [1.807, 2.05) is 0 Å². The fraction of sp³-hybridized carbons (Fsp3) is 0.357. The Labute approximate surface area is 117 Å². The minimum atomic E-state index is -1.07. The highest BCUT2D eigenvalue weighted by Crippen LogP contribution is 2.11. The molecule has 108 valence electrons. The summed E-state index contributed by atoms with van der Waals surface area (Å²) in [7, 11) is 1.50. The lowest BCUT2D eigenvalue weighted by Crippen LogP contribution is -2.40. The third-order valence-electron chi connectivity index (χ3n) is 2.79. The standard InChI is InChI=1S/C14H18N2O4/c1-9(2)16(8-12(17)18)14(20)11-6-4-5-10(7-11)13(19)15-3/h4-7,9H,8H2,1-3H3,(H,15,19)(H,17,18). The summed E-state index contributed by atoms with van der Waals surface area (Å²) in [6.07, 6.45) is 0. The lowest BCUT2D eigenvalue weighted by atomic mass is 10.1. The van der Waals surface area contributed by atoms with Gasteiger partial charge in [-0.15, -0.1) is 0 Å². The Balaban J connectivity index is 3.06. The lowest BCUT2D eigenvalue weighted by Gasteiger charge is -2.25. The number of aliphatic carboxylic acids is 1. The van der Waals surface area contributed by atoms with Gasteiger partial charge in [-0.2, -0.15) is 0 Å². The van der Waals surface area contributed by atoms with E-state index in [9.17, 15) is 14.4 Å². The fourth-order valence-corrected chi connectivity index (χ4v) is 1.74. The van der Waals surface area contributed by atoms with Crippen molar-refractivity contribution in [2.75, 3.05) is 13.6 Å². The summed E-state index contributed by atoms with van der Waals surface area (Å²) < 4.78 is 0. The Morgan fingerprint density at radius 3 is 2.35 bits per heavy atom. The summed E-state index contributed by atoms with van der Waals surface area (Å²) in [4.78, 5) is 35.9. The van der Waals surface area contributed by atoms with Gasteiger partial charge in [-0.1, -0.05) is 6.07 Å². The maximum atomic E-state index is 12.3. The maximum Gasteiger partial charge on any atom is 0.323 e. The van der Waals surface area contributed by atoms with Crippen molar-refractivity contribution in [2.24, 2.45) is 0 Å². The molecule has 0 bridgehead atoms. The minimum absolute atomic E-state index is 0.248. The van der Waals surface area contributed by atoms with Gasteiger partial charge in [0.15, 0.2) is 0 Å². The van der Waals surface area contributed by atoms with Crippen molar-refractivity contribution in [3.63, 3.8) is 0 Å². The van der Waals surface area contributed by atoms with Crippen LogP contribution in [-0.2, 0) is 4.79 Å². The van der Waals surface area contributed by atoms with Gasteiger partial charge in [0, 0.05) is 24.2 Å². The fourth-order valence-electron chi connectivity index (χ4n) is 1.74. The van der Waals surface area contributed by atoms with E-state index in [4.69, 9.17) is 5.11 Å². The van der Waals surface area contributed by atoms with Crippen molar-refractivity contribution >= 4 is 17.8 Å². The first-order valence-electron chi connectivity index (χ1n) is 6.21. The molecule has 1 aromatic rings. The second-order valence-electron chi connectivity index (χ2n) is 4.58. The van der Waals surface area contributed by atoms with Crippen LogP contribution in [0.1, 0.15) is 34.6 Å². The summed E-state index contributed by atoms with van der Waals surface area (Å²) in [5.41, 5.74) is 0.651. The molecule has 1 aromatic carbocycles. The van der Waals surface area contributed by atoms with Gasteiger partial charge in [-0.05, 0) is 32.0 Å². The molecule has 0 aromatic heterocycles. The normalized spacial score (nSPS) is 10.2. The third kappa shape index (κ3) is 3.81. The molecule has 0 saturated heterocycles. The van der Waals surface area contributed by atoms with E-state index in [0.717, 1.165) is 0 Å². The molecule has 0 heterocycles. The molecule has 6 heteroatoms. The van der Waals surface area contributed by atoms with Crippen molar-refractivity contribution in [3.05, 3.63) is 35.4 Å². The van der Waals surface area contributed by atoms with E-state index in [-0.39, 0.29) is 18.5 Å². The van der Waals surface area contributed by atoms with E-state index in [0.29, 0.717) is 11.1 Å². The van der Waals surface area contributed by atoms with Crippen LogP contribution in [0, 0.1) is 0 Å². The van der Waals surface area contributed by atoms with Gasteiger partial charge in [0.2, 0.25) is 0 Å². The number of nitrogens with one attached hydrogen (secondary N) is 1. The second kappa shape index (κ2) is 6.70. The Hall–Kier alpha value is -2.37. The van der Waals surface area contributed by atoms with Crippen molar-refractivity contribution in [2.45, 2.75) is 19.9 Å². The Bertz CT molecular complexity index is 526. The zero-order valence-corrected chi connectivity index (χ0v) is 11.7. The molecule has 0 radical (unpaired) electrons. The molecule has 6 nitrogen and oxygen atoms in total. The number of hydrogen-bond donors (Lipinski definition) is 2. The molecule has 0 saturated carbocycles. The molecule has 0 spiro atoms. The van der Waals surface area contributed by atoms with Crippen LogP contribution in [0.4, 0.5) is 0 Å². The largest absolute Gasteiger partial charge is 0.480 e. The molecular weight excluding hydrogens is 260 g/mol. The average Bonchev–Trinajstić information content (AvgIpc) is 2.42. The maximum absolute atomic E-state index is 12.3. The summed E-state index contributed by atoms with van der Waals surface area (Å²) in [5.74, 6) is -1.78. The van der Waals surface area contributed by atoms with Crippen LogP contribution in [-0.4, -0.2) is 47.4 Å². The number of carbonyl (C=O) groups excluding carboxylic acids is 2. The number of rotatable bonds is 5. The van der Waals surface area contributed by atoms with Crippen LogP contribution >= 0.6 is 0 Å². The van der Waals surface area contributed by atoms with Crippen LogP contribution < -0.4 is 5.32 Å². The molecule has 2 N–H and O–H groups in total. The summed E-state index contributed by atoms with van der Waals surface area (Å²) in [5, 5.41) is 11.3. The first-order chi connectivity index (χ1) is 9.36. The van der Waals surface area contributed by atoms with E-state index in [1.54, 1.807) is 32.0 Å². The molecule has 0 aliphatic rings. The molecular formula is C14H18N2O4. The van der Waals surface area contributed by atoms with Crippen molar-refractivity contribution in [1.29, 1.82) is 0 Å². The van der Waals surface area contributed by atoms with Gasteiger partial charge in [0.05, 0.1) is 0 Å². The summed E-state index contributed by atoms with van der Waals surface area (Å²) in [6.45, 7) is 3.10. The van der Waals surface area contributed by atoms with Gasteiger partial charge in [-0.25, -0.2) is 0 Å².